The van der Waals surface area contributed by atoms with E-state index in [1.165, 1.54) is 0 Å². The summed E-state index contributed by atoms with van der Waals surface area (Å²) in [5.41, 5.74) is 7.99. The fourth-order valence-electron chi connectivity index (χ4n) is 3.83. The van der Waals surface area contributed by atoms with E-state index in [-0.39, 0.29) is 6.03 Å². The lowest BCUT2D eigenvalue weighted by Gasteiger charge is -2.20. The van der Waals surface area contributed by atoms with Crippen LogP contribution in [0.4, 0.5) is 15.4 Å². The van der Waals surface area contributed by atoms with Gasteiger partial charge in [0.15, 0.2) is 0 Å². The van der Waals surface area contributed by atoms with Crippen LogP contribution in [0.2, 0.25) is 0 Å². The molecule has 3 heterocycles. The number of primary amides is 1. The van der Waals surface area contributed by atoms with Gasteiger partial charge in [-0.1, -0.05) is 12.1 Å². The Morgan fingerprint density at radius 2 is 1.91 bits per heavy atom. The smallest absolute Gasteiger partial charge is 0.405 e. The van der Waals surface area contributed by atoms with Crippen LogP contribution in [0, 0.1) is 0 Å². The van der Waals surface area contributed by atoms with Crippen LogP contribution in [0.5, 0.6) is 0 Å². The fourth-order valence-corrected chi connectivity index (χ4v) is 3.83. The summed E-state index contributed by atoms with van der Waals surface area (Å²) in [5.74, 6) is 1.13. The minimum absolute atomic E-state index is 0.328. The zero-order valence-corrected chi connectivity index (χ0v) is 18.9. The Bertz CT molecular complexity index is 1320. The number of rotatable bonds is 7. The molecule has 0 aliphatic heterocycles. The topological polar surface area (TPSA) is 137 Å². The standard InChI is InChI=1S/C24H25N7O3/c1-3-27-24(33)30-21-12-18-16(15-6-8-26-9-7-15)4-5-17(19(18)14-29-21)20(34-23(25)32)13-22-28-10-11-31(22)2/h4-12,14,20H,3,13H2,1-2H3,(H2,25,32)(H2,27,29,30,33). The van der Waals surface area contributed by atoms with Gasteiger partial charge in [0.2, 0.25) is 0 Å². The maximum atomic E-state index is 12.1. The molecule has 4 rings (SSSR count). The van der Waals surface area contributed by atoms with E-state index in [1.807, 2.05) is 49.0 Å². The molecule has 1 atom stereocenters. The molecule has 0 radical (unpaired) electrons. The van der Waals surface area contributed by atoms with Gasteiger partial charge >= 0.3 is 12.1 Å². The minimum Gasteiger partial charge on any atom is -0.441 e. The Morgan fingerprint density at radius 3 is 2.59 bits per heavy atom. The molecular weight excluding hydrogens is 434 g/mol. The van der Waals surface area contributed by atoms with Gasteiger partial charge in [0.05, 0.1) is 0 Å². The van der Waals surface area contributed by atoms with Gasteiger partial charge in [-0.2, -0.15) is 0 Å². The number of hydrogen-bond donors (Lipinski definition) is 3. The first-order valence-electron chi connectivity index (χ1n) is 10.8. The van der Waals surface area contributed by atoms with Gasteiger partial charge in [0, 0.05) is 61.9 Å². The van der Waals surface area contributed by atoms with Gasteiger partial charge in [-0.25, -0.2) is 19.6 Å². The Kier molecular flexibility index (Phi) is 6.67. The van der Waals surface area contributed by atoms with Crippen molar-refractivity contribution >= 4 is 28.7 Å². The van der Waals surface area contributed by atoms with E-state index >= 15 is 0 Å². The molecule has 174 valence electrons. The second-order valence-electron chi connectivity index (χ2n) is 7.62. The van der Waals surface area contributed by atoms with Crippen molar-refractivity contribution < 1.29 is 14.3 Å². The summed E-state index contributed by atoms with van der Waals surface area (Å²) < 4.78 is 7.37. The number of urea groups is 1. The van der Waals surface area contributed by atoms with E-state index < -0.39 is 12.2 Å². The maximum Gasteiger partial charge on any atom is 0.405 e. The summed E-state index contributed by atoms with van der Waals surface area (Å²) in [5, 5.41) is 7.02. The average Bonchev–Trinajstić information content (AvgIpc) is 3.22. The van der Waals surface area contributed by atoms with Crippen LogP contribution in [0.25, 0.3) is 21.9 Å². The maximum absolute atomic E-state index is 12.1. The number of aryl methyl sites for hydroxylation is 1. The molecule has 3 amide bonds. The van der Waals surface area contributed by atoms with E-state index in [9.17, 15) is 9.59 Å². The number of hydrogen-bond acceptors (Lipinski definition) is 6. The number of aromatic nitrogens is 4. The highest BCUT2D eigenvalue weighted by molar-refractivity contribution is 6.01. The first-order chi connectivity index (χ1) is 16.5. The average molecular weight is 460 g/mol. The predicted molar refractivity (Wildman–Crippen MR) is 128 cm³/mol. The number of fused-ring (bicyclic) bond motifs is 1. The van der Waals surface area contributed by atoms with Crippen molar-refractivity contribution in [1.82, 2.24) is 24.8 Å². The first kappa shape index (κ1) is 22.7. The van der Waals surface area contributed by atoms with E-state index in [0.717, 1.165) is 33.3 Å². The van der Waals surface area contributed by atoms with E-state index in [2.05, 4.69) is 25.6 Å². The zero-order valence-electron chi connectivity index (χ0n) is 18.9. The molecule has 0 fully saturated rings. The summed E-state index contributed by atoms with van der Waals surface area (Å²) in [6, 6.07) is 9.09. The van der Waals surface area contributed by atoms with Gasteiger partial charge in [-0.05, 0) is 41.6 Å². The second-order valence-corrected chi connectivity index (χ2v) is 7.62. The third-order valence-electron chi connectivity index (χ3n) is 5.40. The lowest BCUT2D eigenvalue weighted by molar-refractivity contribution is 0.106. The number of benzene rings is 1. The number of amides is 3. The molecule has 0 spiro atoms. The number of nitrogens with zero attached hydrogens (tertiary/aromatic N) is 4. The van der Waals surface area contributed by atoms with Crippen LogP contribution in [0.3, 0.4) is 0 Å². The normalized spacial score (nSPS) is 11.7. The molecule has 0 aliphatic carbocycles. The van der Waals surface area contributed by atoms with Crippen molar-refractivity contribution in [2.45, 2.75) is 19.4 Å². The lowest BCUT2D eigenvalue weighted by Crippen LogP contribution is -2.28. The molecule has 4 aromatic rings. The number of carbonyl (C=O) groups excluding carboxylic acids is 2. The highest BCUT2D eigenvalue weighted by Crippen LogP contribution is 2.36. The molecule has 0 bridgehead atoms. The Labute approximate surface area is 196 Å². The molecule has 1 unspecified atom stereocenters. The van der Waals surface area contributed by atoms with Gasteiger partial charge in [-0.15, -0.1) is 0 Å². The molecule has 0 saturated carbocycles. The van der Waals surface area contributed by atoms with Crippen molar-refractivity contribution in [1.29, 1.82) is 0 Å². The summed E-state index contributed by atoms with van der Waals surface area (Å²) in [6.45, 7) is 2.33. The van der Waals surface area contributed by atoms with Crippen molar-refractivity contribution in [3.8, 4) is 11.1 Å². The van der Waals surface area contributed by atoms with Crippen molar-refractivity contribution in [3.63, 3.8) is 0 Å². The summed E-state index contributed by atoms with van der Waals surface area (Å²) in [6.07, 6.45) is 7.35. The molecule has 3 aromatic heterocycles. The number of imidazole rings is 1. The SMILES string of the molecule is CCNC(=O)Nc1cc2c(-c3ccncc3)ccc(C(Cc3nccn3C)OC(N)=O)c2cn1. The van der Waals surface area contributed by atoms with Gasteiger partial charge in [0.1, 0.15) is 17.7 Å². The minimum atomic E-state index is -0.881. The molecular formula is C24H25N7O3. The van der Waals surface area contributed by atoms with Crippen molar-refractivity contribution in [2.75, 3.05) is 11.9 Å². The van der Waals surface area contributed by atoms with E-state index in [1.54, 1.807) is 30.9 Å². The van der Waals surface area contributed by atoms with Crippen LogP contribution in [0.1, 0.15) is 24.4 Å². The number of anilines is 1. The zero-order chi connectivity index (χ0) is 24.1. The van der Waals surface area contributed by atoms with Gasteiger partial charge in [-0.3, -0.25) is 10.3 Å². The Balaban J connectivity index is 1.85. The number of pyridine rings is 2. The molecule has 34 heavy (non-hydrogen) atoms. The predicted octanol–water partition coefficient (Wildman–Crippen LogP) is 3.55. The van der Waals surface area contributed by atoms with E-state index in [0.29, 0.717) is 18.8 Å². The molecule has 10 heteroatoms. The lowest BCUT2D eigenvalue weighted by atomic mass is 9.93. The monoisotopic (exact) mass is 459 g/mol. The first-order valence-corrected chi connectivity index (χ1v) is 10.8. The molecule has 0 saturated heterocycles. The fraction of sp³-hybridized carbons (Fsp3) is 0.208. The van der Waals surface area contributed by atoms with Gasteiger partial charge in [0.25, 0.3) is 0 Å². The Hall–Kier alpha value is -4.47. The molecule has 4 N–H and O–H groups in total. The van der Waals surface area contributed by atoms with E-state index in [4.69, 9.17) is 10.5 Å². The van der Waals surface area contributed by atoms with Crippen LogP contribution in [0.15, 0.2) is 61.3 Å². The van der Waals surface area contributed by atoms with Crippen LogP contribution in [-0.4, -0.2) is 38.2 Å². The number of ether oxygens (including phenoxy) is 1. The Morgan fingerprint density at radius 1 is 1.12 bits per heavy atom. The highest BCUT2D eigenvalue weighted by Gasteiger charge is 2.22. The summed E-state index contributed by atoms with van der Waals surface area (Å²) in [7, 11) is 1.87. The third-order valence-corrected chi connectivity index (χ3v) is 5.40. The summed E-state index contributed by atoms with van der Waals surface area (Å²) >= 11 is 0. The van der Waals surface area contributed by atoms with Crippen LogP contribution >= 0.6 is 0 Å². The van der Waals surface area contributed by atoms with Crippen LogP contribution < -0.4 is 16.4 Å². The van der Waals surface area contributed by atoms with Crippen LogP contribution in [-0.2, 0) is 18.2 Å². The molecule has 0 aliphatic rings. The summed E-state index contributed by atoms with van der Waals surface area (Å²) in [4.78, 5) is 36.7. The van der Waals surface area contributed by atoms with Gasteiger partial charge < -0.3 is 20.4 Å². The highest BCUT2D eigenvalue weighted by atomic mass is 16.6. The number of nitrogens with one attached hydrogen (secondary N) is 2. The number of nitrogens with two attached hydrogens (primary N) is 1. The van der Waals surface area contributed by atoms with Crippen molar-refractivity contribution in [3.05, 3.63) is 72.7 Å². The number of carbonyl (C=O) groups is 2. The quantitative estimate of drug-likeness (QED) is 0.386. The molecule has 10 nitrogen and oxygen atoms in total. The second kappa shape index (κ2) is 9.99. The molecule has 1 aromatic carbocycles. The van der Waals surface area contributed by atoms with Crippen molar-refractivity contribution in [2.24, 2.45) is 12.8 Å². The largest absolute Gasteiger partial charge is 0.441 e. The third kappa shape index (κ3) is 4.96.